The van der Waals surface area contributed by atoms with E-state index in [1.54, 1.807) is 13.0 Å². The summed E-state index contributed by atoms with van der Waals surface area (Å²) in [6.45, 7) is 3.94. The molecule has 6 heteroatoms. The summed E-state index contributed by atoms with van der Waals surface area (Å²) in [7, 11) is 1.30. The Balaban J connectivity index is 2.66. The van der Waals surface area contributed by atoms with E-state index in [4.69, 9.17) is 0 Å². The van der Waals surface area contributed by atoms with E-state index in [1.807, 2.05) is 6.92 Å². The Morgan fingerprint density at radius 3 is 2.79 bits per heavy atom. The largest absolute Gasteiger partial charge is 0.466 e. The molecule has 0 radical (unpaired) electrons. The molecule has 1 amide bonds. The van der Waals surface area contributed by atoms with Crippen LogP contribution >= 0.6 is 0 Å². The number of hydrogen-bond donors (Lipinski definition) is 1. The Labute approximate surface area is 111 Å². The van der Waals surface area contributed by atoms with Gasteiger partial charge in [-0.05, 0) is 19.4 Å². The zero-order chi connectivity index (χ0) is 14.3. The van der Waals surface area contributed by atoms with E-state index in [2.05, 4.69) is 20.3 Å². The number of esters is 1. The molecule has 1 rings (SSSR count). The number of nitrogens with zero attached hydrogens (tertiary/aromatic N) is 2. The predicted octanol–water partition coefficient (Wildman–Crippen LogP) is 0.806. The van der Waals surface area contributed by atoms with E-state index in [1.165, 1.54) is 19.3 Å². The van der Waals surface area contributed by atoms with Gasteiger partial charge in [-0.3, -0.25) is 4.79 Å². The molecular formula is C13H17N3O3. The Hall–Kier alpha value is -2.24. The van der Waals surface area contributed by atoms with Crippen molar-refractivity contribution in [2.75, 3.05) is 13.7 Å². The second-order valence-corrected chi connectivity index (χ2v) is 3.84. The number of aromatic nitrogens is 2. The van der Waals surface area contributed by atoms with Gasteiger partial charge in [0.05, 0.1) is 24.1 Å². The molecule has 102 valence electrons. The second kappa shape index (κ2) is 7.25. The van der Waals surface area contributed by atoms with E-state index in [0.29, 0.717) is 23.4 Å². The highest BCUT2D eigenvalue weighted by Gasteiger charge is 2.11. The summed E-state index contributed by atoms with van der Waals surface area (Å²) in [4.78, 5) is 22.8. The third kappa shape index (κ3) is 4.50. The van der Waals surface area contributed by atoms with E-state index < -0.39 is 5.97 Å². The first kappa shape index (κ1) is 14.8. The van der Waals surface area contributed by atoms with Crippen molar-refractivity contribution in [3.05, 3.63) is 35.2 Å². The first-order chi connectivity index (χ1) is 9.08. The number of hydrogen-bond acceptors (Lipinski definition) is 5. The van der Waals surface area contributed by atoms with Crippen molar-refractivity contribution in [3.63, 3.8) is 0 Å². The lowest BCUT2D eigenvalue weighted by atomic mass is 10.1. The molecule has 0 aliphatic carbocycles. The standard InChI is InChI=1S/C13H17N3O3/c1-4-11-10(8-9(2)15-16-11)13(18)14-7-5-6-12(17)19-3/h5-6,8H,4,7H2,1-3H3,(H,14,18)/b6-5+. The van der Waals surface area contributed by atoms with Gasteiger partial charge in [0.15, 0.2) is 0 Å². The van der Waals surface area contributed by atoms with E-state index in [0.717, 1.165) is 0 Å². The molecule has 0 aliphatic heterocycles. The highest BCUT2D eigenvalue weighted by atomic mass is 16.5. The van der Waals surface area contributed by atoms with Crippen molar-refractivity contribution in [1.82, 2.24) is 15.5 Å². The van der Waals surface area contributed by atoms with Gasteiger partial charge < -0.3 is 10.1 Å². The molecule has 1 aromatic heterocycles. The van der Waals surface area contributed by atoms with Gasteiger partial charge in [0, 0.05) is 12.6 Å². The van der Waals surface area contributed by atoms with Crippen LogP contribution in [0.2, 0.25) is 0 Å². The predicted molar refractivity (Wildman–Crippen MR) is 69.6 cm³/mol. The molecule has 0 unspecified atom stereocenters. The van der Waals surface area contributed by atoms with E-state index >= 15 is 0 Å². The Kier molecular flexibility index (Phi) is 5.66. The molecule has 0 fully saturated rings. The maximum Gasteiger partial charge on any atom is 0.330 e. The first-order valence-electron chi connectivity index (χ1n) is 5.94. The first-order valence-corrected chi connectivity index (χ1v) is 5.94. The number of methoxy groups -OCH3 is 1. The van der Waals surface area contributed by atoms with Crippen LogP contribution in [0.1, 0.15) is 28.7 Å². The molecule has 6 nitrogen and oxygen atoms in total. The summed E-state index contributed by atoms with van der Waals surface area (Å²) >= 11 is 0. The molecule has 0 aliphatic rings. The highest BCUT2D eigenvalue weighted by molar-refractivity contribution is 5.95. The van der Waals surface area contributed by atoms with E-state index in [9.17, 15) is 9.59 Å². The van der Waals surface area contributed by atoms with Crippen LogP contribution in [0.3, 0.4) is 0 Å². The summed E-state index contributed by atoms with van der Waals surface area (Å²) < 4.78 is 4.44. The zero-order valence-electron chi connectivity index (χ0n) is 11.3. The van der Waals surface area contributed by atoms with E-state index in [-0.39, 0.29) is 12.5 Å². The fourth-order valence-corrected chi connectivity index (χ4v) is 1.44. The average Bonchev–Trinajstić information content (AvgIpc) is 2.42. The second-order valence-electron chi connectivity index (χ2n) is 3.84. The fraction of sp³-hybridized carbons (Fsp3) is 0.385. The number of nitrogens with one attached hydrogen (secondary N) is 1. The van der Waals surface area contributed by atoms with Crippen LogP contribution in [-0.2, 0) is 16.0 Å². The fourth-order valence-electron chi connectivity index (χ4n) is 1.44. The number of aryl methyl sites for hydroxylation is 2. The van der Waals surface area contributed by atoms with Crippen molar-refractivity contribution in [2.45, 2.75) is 20.3 Å². The van der Waals surface area contributed by atoms with Gasteiger partial charge in [-0.2, -0.15) is 10.2 Å². The number of amides is 1. The van der Waals surface area contributed by atoms with Crippen LogP contribution in [0.25, 0.3) is 0 Å². The molecule has 1 heterocycles. The summed E-state index contributed by atoms with van der Waals surface area (Å²) in [5, 5.41) is 10.6. The minimum Gasteiger partial charge on any atom is -0.466 e. The third-order valence-corrected chi connectivity index (χ3v) is 2.41. The quantitative estimate of drug-likeness (QED) is 0.628. The van der Waals surface area contributed by atoms with Crippen LogP contribution < -0.4 is 5.32 Å². The van der Waals surface area contributed by atoms with Crippen LogP contribution in [-0.4, -0.2) is 35.7 Å². The minimum atomic E-state index is -0.454. The molecule has 0 aromatic carbocycles. The third-order valence-electron chi connectivity index (χ3n) is 2.41. The Morgan fingerprint density at radius 1 is 1.42 bits per heavy atom. The summed E-state index contributed by atoms with van der Waals surface area (Å²) in [5.41, 5.74) is 1.86. The number of carbonyl (C=O) groups excluding carboxylic acids is 2. The molecular weight excluding hydrogens is 246 g/mol. The summed E-state index contributed by atoms with van der Waals surface area (Å²) in [5.74, 6) is -0.686. The molecule has 0 saturated carbocycles. The Bertz CT molecular complexity index is 498. The van der Waals surface area contributed by atoms with Crippen molar-refractivity contribution in [3.8, 4) is 0 Å². The normalized spacial score (nSPS) is 10.5. The number of rotatable bonds is 5. The van der Waals surface area contributed by atoms with Crippen molar-refractivity contribution < 1.29 is 14.3 Å². The summed E-state index contributed by atoms with van der Waals surface area (Å²) in [6, 6.07) is 1.70. The molecule has 0 bridgehead atoms. The minimum absolute atomic E-state index is 0.232. The molecule has 0 atom stereocenters. The van der Waals surface area contributed by atoms with Crippen LogP contribution in [0, 0.1) is 6.92 Å². The monoisotopic (exact) mass is 263 g/mol. The van der Waals surface area contributed by atoms with Gasteiger partial charge in [-0.15, -0.1) is 0 Å². The maximum atomic E-state index is 12.0. The molecule has 0 spiro atoms. The SMILES string of the molecule is CCc1nnc(C)cc1C(=O)NC/C=C/C(=O)OC. The van der Waals surface area contributed by atoms with Gasteiger partial charge in [0.25, 0.3) is 5.91 Å². The van der Waals surface area contributed by atoms with Gasteiger partial charge in [-0.1, -0.05) is 13.0 Å². The number of ether oxygens (including phenoxy) is 1. The lowest BCUT2D eigenvalue weighted by Gasteiger charge is -2.06. The highest BCUT2D eigenvalue weighted by Crippen LogP contribution is 2.07. The van der Waals surface area contributed by atoms with Gasteiger partial charge in [0.2, 0.25) is 0 Å². The molecule has 0 saturated heterocycles. The lowest BCUT2D eigenvalue weighted by Crippen LogP contribution is -2.25. The van der Waals surface area contributed by atoms with Crippen molar-refractivity contribution >= 4 is 11.9 Å². The van der Waals surface area contributed by atoms with Crippen LogP contribution in [0.15, 0.2) is 18.2 Å². The average molecular weight is 263 g/mol. The molecule has 1 N–H and O–H groups in total. The van der Waals surface area contributed by atoms with Gasteiger partial charge >= 0.3 is 5.97 Å². The van der Waals surface area contributed by atoms with Crippen molar-refractivity contribution in [1.29, 1.82) is 0 Å². The lowest BCUT2D eigenvalue weighted by molar-refractivity contribution is -0.134. The summed E-state index contributed by atoms with van der Waals surface area (Å²) in [6.07, 6.45) is 3.42. The van der Waals surface area contributed by atoms with Crippen molar-refractivity contribution in [2.24, 2.45) is 0 Å². The molecule has 1 aromatic rings. The smallest absolute Gasteiger partial charge is 0.330 e. The maximum absolute atomic E-state index is 12.0. The van der Waals surface area contributed by atoms with Gasteiger partial charge in [-0.25, -0.2) is 4.79 Å². The van der Waals surface area contributed by atoms with Gasteiger partial charge in [0.1, 0.15) is 0 Å². The topological polar surface area (TPSA) is 81.2 Å². The molecule has 19 heavy (non-hydrogen) atoms. The number of carbonyl (C=O) groups is 2. The zero-order valence-corrected chi connectivity index (χ0v) is 11.3. The van der Waals surface area contributed by atoms with Crippen LogP contribution in [0.4, 0.5) is 0 Å². The van der Waals surface area contributed by atoms with Crippen LogP contribution in [0.5, 0.6) is 0 Å². The Morgan fingerprint density at radius 2 is 2.16 bits per heavy atom.